The first-order chi connectivity index (χ1) is 8.58. The zero-order chi connectivity index (χ0) is 13.1. The van der Waals surface area contributed by atoms with Crippen LogP contribution in [0.3, 0.4) is 0 Å². The van der Waals surface area contributed by atoms with Crippen LogP contribution >= 0.6 is 11.3 Å². The number of carbonyl (C=O) groups is 1. The van der Waals surface area contributed by atoms with Crippen LogP contribution in [0.25, 0.3) is 0 Å². The average molecular weight is 262 g/mol. The summed E-state index contributed by atoms with van der Waals surface area (Å²) in [4.78, 5) is 17.6. The number of hydrogen-bond donors (Lipinski definition) is 1. The Labute approximate surface area is 110 Å². The monoisotopic (exact) mass is 262 g/mol. The summed E-state index contributed by atoms with van der Waals surface area (Å²) in [6.45, 7) is 2.34. The molecule has 0 saturated heterocycles. The number of hydrogen-bond acceptors (Lipinski definition) is 4. The Hall–Kier alpha value is -1.88. The van der Waals surface area contributed by atoms with Crippen LogP contribution in [-0.2, 0) is 6.54 Å². The first-order valence-corrected chi connectivity index (χ1v) is 6.35. The first kappa shape index (κ1) is 12.6. The van der Waals surface area contributed by atoms with Crippen molar-refractivity contribution in [3.8, 4) is 0 Å². The van der Waals surface area contributed by atoms with E-state index in [1.807, 2.05) is 42.3 Å². The molecule has 0 spiro atoms. The lowest BCUT2D eigenvalue weighted by molar-refractivity contribution is 0.0701. The number of benzene rings is 1. The molecule has 18 heavy (non-hydrogen) atoms. The van der Waals surface area contributed by atoms with Crippen molar-refractivity contribution < 1.29 is 9.90 Å². The largest absolute Gasteiger partial charge is 0.477 e. The van der Waals surface area contributed by atoms with E-state index in [2.05, 4.69) is 4.98 Å². The Morgan fingerprint density at radius 3 is 2.61 bits per heavy atom. The smallest absolute Gasteiger partial charge is 0.347 e. The van der Waals surface area contributed by atoms with E-state index >= 15 is 0 Å². The van der Waals surface area contributed by atoms with Gasteiger partial charge in [0.15, 0.2) is 0 Å². The van der Waals surface area contributed by atoms with Crippen LogP contribution in [0.5, 0.6) is 0 Å². The van der Waals surface area contributed by atoms with Crippen LogP contribution in [0.1, 0.15) is 20.4 Å². The normalized spacial score (nSPS) is 10.3. The third kappa shape index (κ3) is 2.68. The van der Waals surface area contributed by atoms with E-state index in [4.69, 9.17) is 5.11 Å². The van der Waals surface area contributed by atoms with E-state index in [9.17, 15) is 4.79 Å². The SMILES string of the molecule is Cc1nc(CN(C)c2ccccc2)sc1C(=O)O. The molecule has 2 aromatic rings. The predicted octanol–water partition coefficient (Wildman–Crippen LogP) is 2.79. The van der Waals surface area contributed by atoms with Crippen LogP contribution in [0.15, 0.2) is 30.3 Å². The minimum Gasteiger partial charge on any atom is -0.477 e. The van der Waals surface area contributed by atoms with Gasteiger partial charge in [-0.15, -0.1) is 11.3 Å². The van der Waals surface area contributed by atoms with Gasteiger partial charge in [0.05, 0.1) is 12.2 Å². The van der Waals surface area contributed by atoms with Gasteiger partial charge in [0.25, 0.3) is 0 Å². The molecular weight excluding hydrogens is 248 g/mol. The van der Waals surface area contributed by atoms with Crippen molar-refractivity contribution in [1.29, 1.82) is 0 Å². The molecule has 0 fully saturated rings. The van der Waals surface area contributed by atoms with Crippen molar-refractivity contribution in [2.75, 3.05) is 11.9 Å². The quantitative estimate of drug-likeness (QED) is 0.920. The fraction of sp³-hybridized carbons (Fsp3) is 0.231. The first-order valence-electron chi connectivity index (χ1n) is 5.53. The van der Waals surface area contributed by atoms with Crippen molar-refractivity contribution >= 4 is 23.0 Å². The van der Waals surface area contributed by atoms with Gasteiger partial charge >= 0.3 is 5.97 Å². The number of aryl methyl sites for hydroxylation is 1. The fourth-order valence-corrected chi connectivity index (χ4v) is 2.65. The summed E-state index contributed by atoms with van der Waals surface area (Å²) in [6.07, 6.45) is 0. The number of carboxylic acid groups (broad SMARTS) is 1. The van der Waals surface area contributed by atoms with Gasteiger partial charge in [0.2, 0.25) is 0 Å². The van der Waals surface area contributed by atoms with Gasteiger partial charge in [-0.3, -0.25) is 0 Å². The van der Waals surface area contributed by atoms with Crippen LogP contribution in [0.2, 0.25) is 0 Å². The highest BCUT2D eigenvalue weighted by Gasteiger charge is 2.14. The van der Waals surface area contributed by atoms with Crippen molar-refractivity contribution in [1.82, 2.24) is 4.98 Å². The van der Waals surface area contributed by atoms with Crippen LogP contribution in [0.4, 0.5) is 5.69 Å². The molecule has 0 atom stereocenters. The summed E-state index contributed by atoms with van der Waals surface area (Å²) in [5, 5.41) is 9.80. The van der Waals surface area contributed by atoms with E-state index in [0.29, 0.717) is 17.1 Å². The highest BCUT2D eigenvalue weighted by molar-refractivity contribution is 7.13. The van der Waals surface area contributed by atoms with Crippen molar-refractivity contribution in [2.24, 2.45) is 0 Å². The van der Waals surface area contributed by atoms with Crippen molar-refractivity contribution in [3.63, 3.8) is 0 Å². The number of thiazole rings is 1. The molecule has 1 heterocycles. The predicted molar refractivity (Wildman–Crippen MR) is 72.4 cm³/mol. The molecule has 0 aliphatic carbocycles. The van der Waals surface area contributed by atoms with Gasteiger partial charge in [-0.1, -0.05) is 18.2 Å². The lowest BCUT2D eigenvalue weighted by Crippen LogP contribution is -2.15. The third-order valence-corrected chi connectivity index (χ3v) is 3.73. The number of aromatic nitrogens is 1. The van der Waals surface area contributed by atoms with Gasteiger partial charge in [-0.2, -0.15) is 0 Å². The molecule has 0 aliphatic rings. The van der Waals surface area contributed by atoms with E-state index in [1.165, 1.54) is 11.3 Å². The van der Waals surface area contributed by atoms with E-state index in [1.54, 1.807) is 6.92 Å². The lowest BCUT2D eigenvalue weighted by atomic mass is 10.3. The summed E-state index contributed by atoms with van der Waals surface area (Å²) in [6, 6.07) is 9.94. The average Bonchev–Trinajstić information content (AvgIpc) is 2.71. The van der Waals surface area contributed by atoms with Crippen molar-refractivity contribution in [2.45, 2.75) is 13.5 Å². The second-order valence-electron chi connectivity index (χ2n) is 4.02. The number of anilines is 1. The topological polar surface area (TPSA) is 53.4 Å². The molecule has 0 radical (unpaired) electrons. The zero-order valence-electron chi connectivity index (χ0n) is 10.3. The zero-order valence-corrected chi connectivity index (χ0v) is 11.1. The molecule has 4 nitrogen and oxygen atoms in total. The van der Waals surface area contributed by atoms with Crippen molar-refractivity contribution in [3.05, 3.63) is 45.9 Å². The molecular formula is C13H14N2O2S. The van der Waals surface area contributed by atoms with E-state index in [-0.39, 0.29) is 0 Å². The number of rotatable bonds is 4. The maximum Gasteiger partial charge on any atom is 0.347 e. The lowest BCUT2D eigenvalue weighted by Gasteiger charge is -2.17. The number of aromatic carboxylic acids is 1. The molecule has 1 aromatic carbocycles. The maximum atomic E-state index is 10.9. The summed E-state index contributed by atoms with van der Waals surface area (Å²) in [5.74, 6) is -0.904. The van der Waals surface area contributed by atoms with E-state index in [0.717, 1.165) is 10.7 Å². The van der Waals surface area contributed by atoms with Crippen LogP contribution in [0, 0.1) is 6.92 Å². The Bertz CT molecular complexity index is 551. The molecule has 0 amide bonds. The standard InChI is InChI=1S/C13H14N2O2S/c1-9-12(13(16)17)18-11(14-9)8-15(2)10-6-4-3-5-7-10/h3-7H,8H2,1-2H3,(H,16,17). The van der Waals surface area contributed by atoms with Gasteiger partial charge in [-0.05, 0) is 19.1 Å². The number of nitrogens with zero attached hydrogens (tertiary/aromatic N) is 2. The summed E-state index contributed by atoms with van der Waals surface area (Å²) < 4.78 is 0. The van der Waals surface area contributed by atoms with Gasteiger partial charge in [0, 0.05) is 12.7 Å². The van der Waals surface area contributed by atoms with Crippen LogP contribution in [-0.4, -0.2) is 23.1 Å². The number of carboxylic acids is 1. The Kier molecular flexibility index (Phi) is 3.62. The molecule has 0 unspecified atom stereocenters. The second kappa shape index (κ2) is 5.18. The summed E-state index contributed by atoms with van der Waals surface area (Å²) in [5.41, 5.74) is 1.67. The molecule has 0 aliphatic heterocycles. The molecule has 0 saturated carbocycles. The minimum atomic E-state index is -0.904. The highest BCUT2D eigenvalue weighted by atomic mass is 32.1. The Morgan fingerprint density at radius 1 is 1.39 bits per heavy atom. The fourth-order valence-electron chi connectivity index (χ4n) is 1.70. The summed E-state index contributed by atoms with van der Waals surface area (Å²) in [7, 11) is 1.96. The highest BCUT2D eigenvalue weighted by Crippen LogP contribution is 2.21. The third-order valence-electron chi connectivity index (χ3n) is 2.60. The molecule has 0 bridgehead atoms. The van der Waals surface area contributed by atoms with Gasteiger partial charge in [0.1, 0.15) is 9.88 Å². The molecule has 1 aromatic heterocycles. The molecule has 94 valence electrons. The molecule has 1 N–H and O–H groups in total. The minimum absolute atomic E-state index is 0.325. The van der Waals surface area contributed by atoms with Gasteiger partial charge in [-0.25, -0.2) is 9.78 Å². The number of para-hydroxylation sites is 1. The molecule has 5 heteroatoms. The van der Waals surface area contributed by atoms with Gasteiger partial charge < -0.3 is 10.0 Å². The Morgan fingerprint density at radius 2 is 2.06 bits per heavy atom. The molecule has 2 rings (SSSR count). The Balaban J connectivity index is 2.15. The second-order valence-corrected chi connectivity index (χ2v) is 5.10. The van der Waals surface area contributed by atoms with E-state index < -0.39 is 5.97 Å². The summed E-state index contributed by atoms with van der Waals surface area (Å²) >= 11 is 1.24. The van der Waals surface area contributed by atoms with Crippen LogP contribution < -0.4 is 4.90 Å². The maximum absolute atomic E-state index is 10.9.